The van der Waals surface area contributed by atoms with E-state index in [4.69, 9.17) is 0 Å². The molecule has 1 aliphatic heterocycles. The van der Waals surface area contributed by atoms with E-state index in [0.717, 1.165) is 29.5 Å². The minimum absolute atomic E-state index is 0.0198. The normalized spacial score (nSPS) is 16.6. The summed E-state index contributed by atoms with van der Waals surface area (Å²) in [5.74, 6) is 0.200. The first-order chi connectivity index (χ1) is 8.65. The van der Waals surface area contributed by atoms with Gasteiger partial charge in [-0.1, -0.05) is 0 Å². The number of halogens is 2. The Bertz CT molecular complexity index is 433. The molecule has 2 rings (SSSR count). The van der Waals surface area contributed by atoms with Crippen LogP contribution in [0.3, 0.4) is 0 Å². The Balaban J connectivity index is 1.90. The van der Waals surface area contributed by atoms with E-state index in [2.05, 4.69) is 10.6 Å². The smallest absolute Gasteiger partial charge is 0.224 e. The predicted octanol–water partition coefficient (Wildman–Crippen LogP) is 2.76. The Labute approximate surface area is 120 Å². The Hall–Kier alpha value is -0.690. The highest BCUT2D eigenvalue weighted by atomic mass is 127. The van der Waals surface area contributed by atoms with Gasteiger partial charge in [0.15, 0.2) is 0 Å². The molecule has 1 aromatic rings. The first-order valence-corrected chi connectivity index (χ1v) is 7.18. The number of nitrogens with one attached hydrogen (secondary N) is 2. The summed E-state index contributed by atoms with van der Waals surface area (Å²) in [5.41, 5.74) is 0.691. The molecule has 1 aromatic carbocycles. The highest BCUT2D eigenvalue weighted by Gasteiger charge is 2.17. The van der Waals surface area contributed by atoms with Gasteiger partial charge in [-0.15, -0.1) is 0 Å². The van der Waals surface area contributed by atoms with Crippen molar-refractivity contribution in [1.82, 2.24) is 5.32 Å². The van der Waals surface area contributed by atoms with Crippen molar-refractivity contribution in [2.45, 2.75) is 19.3 Å². The summed E-state index contributed by atoms with van der Waals surface area (Å²) in [6.45, 7) is 1.98. The van der Waals surface area contributed by atoms with Crippen LogP contribution < -0.4 is 10.6 Å². The molecule has 0 aromatic heterocycles. The summed E-state index contributed by atoms with van der Waals surface area (Å²) in [6, 6.07) is 4.39. The van der Waals surface area contributed by atoms with Crippen molar-refractivity contribution in [3.05, 3.63) is 27.6 Å². The number of amides is 1. The first-order valence-electron chi connectivity index (χ1n) is 6.11. The van der Waals surface area contributed by atoms with Crippen molar-refractivity contribution in [2.24, 2.45) is 5.92 Å². The topological polar surface area (TPSA) is 41.1 Å². The summed E-state index contributed by atoms with van der Waals surface area (Å²) >= 11 is 2.03. The van der Waals surface area contributed by atoms with Gasteiger partial charge in [-0.05, 0) is 72.6 Å². The highest BCUT2D eigenvalue weighted by Crippen LogP contribution is 2.21. The minimum Gasteiger partial charge on any atom is -0.325 e. The third kappa shape index (κ3) is 3.91. The summed E-state index contributed by atoms with van der Waals surface area (Å²) < 4.78 is 13.7. The average molecular weight is 362 g/mol. The zero-order chi connectivity index (χ0) is 13.0. The third-order valence-corrected chi connectivity index (χ3v) is 4.03. The molecule has 0 radical (unpaired) electrons. The molecule has 0 saturated carbocycles. The monoisotopic (exact) mass is 362 g/mol. The van der Waals surface area contributed by atoms with Crippen LogP contribution in [0.2, 0.25) is 0 Å². The SMILES string of the molecule is O=C(CC1CCNCC1)Nc1ccc(F)cc1I. The van der Waals surface area contributed by atoms with E-state index < -0.39 is 0 Å². The Kier molecular flexibility index (Phi) is 4.94. The molecule has 1 amide bonds. The van der Waals surface area contributed by atoms with Gasteiger partial charge in [-0.3, -0.25) is 4.79 Å². The van der Waals surface area contributed by atoms with Crippen LogP contribution in [-0.4, -0.2) is 19.0 Å². The molecule has 1 aliphatic rings. The molecule has 2 N–H and O–H groups in total. The highest BCUT2D eigenvalue weighted by molar-refractivity contribution is 14.1. The van der Waals surface area contributed by atoms with Crippen LogP contribution >= 0.6 is 22.6 Å². The Morgan fingerprint density at radius 2 is 2.17 bits per heavy atom. The van der Waals surface area contributed by atoms with Gasteiger partial charge in [0.1, 0.15) is 5.82 Å². The van der Waals surface area contributed by atoms with E-state index in [0.29, 0.717) is 18.0 Å². The molecule has 3 nitrogen and oxygen atoms in total. The molecule has 1 fully saturated rings. The molecule has 1 heterocycles. The van der Waals surface area contributed by atoms with Crippen LogP contribution in [0, 0.1) is 15.3 Å². The zero-order valence-corrected chi connectivity index (χ0v) is 12.2. The maximum atomic E-state index is 12.9. The van der Waals surface area contributed by atoms with Gasteiger partial charge in [0.05, 0.1) is 5.69 Å². The third-order valence-electron chi connectivity index (χ3n) is 3.14. The summed E-state index contributed by atoms with van der Waals surface area (Å²) in [5, 5.41) is 6.13. The number of carbonyl (C=O) groups excluding carboxylic acids is 1. The van der Waals surface area contributed by atoms with Crippen molar-refractivity contribution < 1.29 is 9.18 Å². The van der Waals surface area contributed by atoms with E-state index in [1.165, 1.54) is 12.1 Å². The van der Waals surface area contributed by atoms with E-state index in [-0.39, 0.29) is 11.7 Å². The molecule has 0 atom stereocenters. The number of piperidine rings is 1. The summed E-state index contributed by atoms with van der Waals surface area (Å²) in [7, 11) is 0. The average Bonchev–Trinajstić information content (AvgIpc) is 2.34. The van der Waals surface area contributed by atoms with Crippen LogP contribution in [-0.2, 0) is 4.79 Å². The lowest BCUT2D eigenvalue weighted by Crippen LogP contribution is -2.30. The molecule has 0 unspecified atom stereocenters. The number of hydrogen-bond donors (Lipinski definition) is 2. The first kappa shape index (κ1) is 13.7. The van der Waals surface area contributed by atoms with E-state index in [9.17, 15) is 9.18 Å². The number of hydrogen-bond acceptors (Lipinski definition) is 2. The Morgan fingerprint density at radius 1 is 1.44 bits per heavy atom. The maximum Gasteiger partial charge on any atom is 0.224 e. The van der Waals surface area contributed by atoms with Crippen LogP contribution in [0.4, 0.5) is 10.1 Å². The van der Waals surface area contributed by atoms with Crippen LogP contribution in [0.5, 0.6) is 0 Å². The molecular weight excluding hydrogens is 346 g/mol. The fourth-order valence-corrected chi connectivity index (χ4v) is 2.75. The van der Waals surface area contributed by atoms with Gasteiger partial charge in [-0.25, -0.2) is 4.39 Å². The number of benzene rings is 1. The van der Waals surface area contributed by atoms with Crippen molar-refractivity contribution >= 4 is 34.2 Å². The van der Waals surface area contributed by atoms with Crippen LogP contribution in [0.25, 0.3) is 0 Å². The van der Waals surface area contributed by atoms with Crippen LogP contribution in [0.15, 0.2) is 18.2 Å². The zero-order valence-electron chi connectivity index (χ0n) is 10.0. The van der Waals surface area contributed by atoms with Crippen molar-refractivity contribution in [3.63, 3.8) is 0 Å². The van der Waals surface area contributed by atoms with Gasteiger partial charge in [0.2, 0.25) is 5.91 Å². The molecule has 1 saturated heterocycles. The minimum atomic E-state index is -0.282. The lowest BCUT2D eigenvalue weighted by molar-refractivity contribution is -0.117. The fraction of sp³-hybridized carbons (Fsp3) is 0.462. The fourth-order valence-electron chi connectivity index (χ4n) is 2.14. The number of anilines is 1. The Morgan fingerprint density at radius 3 is 2.83 bits per heavy atom. The second-order valence-corrected chi connectivity index (χ2v) is 5.73. The molecule has 0 aliphatic carbocycles. The van der Waals surface area contributed by atoms with E-state index >= 15 is 0 Å². The largest absolute Gasteiger partial charge is 0.325 e. The van der Waals surface area contributed by atoms with Crippen molar-refractivity contribution in [1.29, 1.82) is 0 Å². The second kappa shape index (κ2) is 6.47. The summed E-state index contributed by atoms with van der Waals surface area (Å²) in [4.78, 5) is 11.9. The van der Waals surface area contributed by atoms with Gasteiger partial charge < -0.3 is 10.6 Å². The second-order valence-electron chi connectivity index (χ2n) is 4.57. The van der Waals surface area contributed by atoms with Gasteiger partial charge in [-0.2, -0.15) is 0 Å². The number of rotatable bonds is 3. The van der Waals surface area contributed by atoms with Crippen molar-refractivity contribution in [3.8, 4) is 0 Å². The maximum absolute atomic E-state index is 12.9. The predicted molar refractivity (Wildman–Crippen MR) is 78.0 cm³/mol. The molecule has 5 heteroatoms. The summed E-state index contributed by atoms with van der Waals surface area (Å²) in [6.07, 6.45) is 2.65. The molecular formula is C13H16FIN2O. The van der Waals surface area contributed by atoms with Gasteiger partial charge >= 0.3 is 0 Å². The molecule has 18 heavy (non-hydrogen) atoms. The van der Waals surface area contributed by atoms with Gasteiger partial charge in [0.25, 0.3) is 0 Å². The molecule has 0 spiro atoms. The van der Waals surface area contributed by atoms with Crippen molar-refractivity contribution in [2.75, 3.05) is 18.4 Å². The lowest BCUT2D eigenvalue weighted by atomic mass is 9.94. The molecule has 98 valence electrons. The number of carbonyl (C=O) groups is 1. The van der Waals surface area contributed by atoms with E-state index in [1.54, 1.807) is 6.07 Å². The lowest BCUT2D eigenvalue weighted by Gasteiger charge is -2.22. The molecule has 0 bridgehead atoms. The van der Waals surface area contributed by atoms with E-state index in [1.807, 2.05) is 22.6 Å². The van der Waals surface area contributed by atoms with Crippen LogP contribution in [0.1, 0.15) is 19.3 Å². The van der Waals surface area contributed by atoms with Gasteiger partial charge in [0, 0.05) is 9.99 Å². The standard InChI is InChI=1S/C13H16FIN2O/c14-10-1-2-12(11(15)8-10)17-13(18)7-9-3-5-16-6-4-9/h1-2,8-9,16H,3-7H2,(H,17,18). The quantitative estimate of drug-likeness (QED) is 0.812.